The predicted molar refractivity (Wildman–Crippen MR) is 556 cm³/mol. The number of benzene rings is 13. The van der Waals surface area contributed by atoms with E-state index in [0.29, 0.717) is 120 Å². The van der Waals surface area contributed by atoms with Gasteiger partial charge in [-0.1, -0.05) is 273 Å². The summed E-state index contributed by atoms with van der Waals surface area (Å²) < 4.78 is 44.2. The minimum atomic E-state index is 0.0351. The van der Waals surface area contributed by atoms with E-state index in [1.165, 1.54) is 23.2 Å². The van der Waals surface area contributed by atoms with Crippen LogP contribution in [0.2, 0.25) is 0 Å². The van der Waals surface area contributed by atoms with Gasteiger partial charge in [-0.15, -0.1) is 22.7 Å². The first kappa shape index (κ1) is 92.2. The molecular formula is C104H64B6N18O14S2. The van der Waals surface area contributed by atoms with E-state index in [4.69, 9.17) is 76.8 Å². The van der Waals surface area contributed by atoms with Gasteiger partial charge in [0.2, 0.25) is 40.3 Å². The molecule has 144 heavy (non-hydrogen) atoms. The molecule has 26 aromatic rings. The fourth-order valence-corrected chi connectivity index (χ4v) is 18.4. The molecule has 0 fully saturated rings. The molecule has 0 aliphatic carbocycles. The predicted octanol–water partition coefficient (Wildman–Crippen LogP) is 18.6. The van der Waals surface area contributed by atoms with Crippen LogP contribution in [0.1, 0.15) is 0 Å². The zero-order chi connectivity index (χ0) is 97.6. The third-order valence-electron chi connectivity index (χ3n) is 22.5. The molecule has 0 unspecified atom stereocenters. The van der Waals surface area contributed by atoms with Gasteiger partial charge >= 0.3 is 64.1 Å². The zero-order valence-electron chi connectivity index (χ0n) is 74.8. The summed E-state index contributed by atoms with van der Waals surface area (Å²) in [6.45, 7) is 0. The molecule has 6 radical (unpaired) electrons. The number of rotatable bonds is 19. The lowest BCUT2D eigenvalue weighted by molar-refractivity contribution is 0.430. The maximum Gasteiger partial charge on any atom is 0.571 e. The summed E-state index contributed by atoms with van der Waals surface area (Å²) in [7, 11) is 3.49. The Balaban J connectivity index is 0.000000103. The van der Waals surface area contributed by atoms with E-state index < -0.39 is 0 Å². The molecule has 32 nitrogen and oxygen atoms in total. The van der Waals surface area contributed by atoms with Crippen LogP contribution >= 0.6 is 22.7 Å². The molecule has 0 aliphatic rings. The van der Waals surface area contributed by atoms with Crippen molar-refractivity contribution in [3.05, 3.63) is 353 Å². The number of aromatic nitrogens is 18. The van der Waals surface area contributed by atoms with E-state index in [1.54, 1.807) is 41.3 Å². The summed E-state index contributed by atoms with van der Waals surface area (Å²) >= 11 is 3.17. The van der Waals surface area contributed by atoms with E-state index in [2.05, 4.69) is 111 Å². The van der Waals surface area contributed by atoms with E-state index in [9.17, 15) is 5.02 Å². The fraction of sp³-hybridized carbons (Fsp3) is 0. The van der Waals surface area contributed by atoms with Crippen molar-refractivity contribution in [3.63, 3.8) is 0 Å². The highest BCUT2D eigenvalue weighted by atomic mass is 32.1. The Morgan fingerprint density at radius 2 is 0.632 bits per heavy atom. The Morgan fingerprint density at radius 3 is 1.21 bits per heavy atom. The number of furan rings is 2. The minimum Gasteiger partial charge on any atom is -0.522 e. The van der Waals surface area contributed by atoms with Gasteiger partial charge < -0.3 is 66.9 Å². The molecule has 0 aliphatic heterocycles. The van der Waals surface area contributed by atoms with Crippen LogP contribution in [0, 0.1) is 0 Å². The van der Waals surface area contributed by atoms with Crippen LogP contribution in [0.4, 0.5) is 0 Å². The Labute approximate surface area is 827 Å². The SMILES string of the molecule is O[B]Oc1nc(-c2ccccc2)c2c(n1)oc1ccccc12.O[B]Oc1nc(-c2ccccc2)c2c(n1)sc1ccccc12.O[B]Oc1nc2nc(-c3ccccc3)c(-c3ccccc3)nc2nc1-c1cccc2ccccc12.O[B]Oc1nc2nccnc2nc1-c1ccc2oc3ccccc3c2c1.O[B]Oc1nc2nccnc2nc1-c1ccccc1.O[B]Oc1ncc2c(n1)sc1cc3ccccc3cc12. The molecule has 0 amide bonds. The second-order valence-corrected chi connectivity index (χ2v) is 33.1. The largest absolute Gasteiger partial charge is 0.571 e. The second kappa shape index (κ2) is 42.7. The Hall–Kier alpha value is -18.1. The van der Waals surface area contributed by atoms with Crippen LogP contribution < -0.4 is 27.9 Å². The monoisotopic (exact) mass is 1920 g/mol. The van der Waals surface area contributed by atoms with E-state index in [-0.39, 0.29) is 35.7 Å². The lowest BCUT2D eigenvalue weighted by Gasteiger charge is -2.13. The summed E-state index contributed by atoms with van der Waals surface area (Å²) in [6.07, 6.45) is 7.87. The molecule has 684 valence electrons. The summed E-state index contributed by atoms with van der Waals surface area (Å²) in [6, 6.07) is 105. The molecule has 0 bridgehead atoms. The first-order valence-corrected chi connectivity index (χ1v) is 45.7. The summed E-state index contributed by atoms with van der Waals surface area (Å²) in [5.74, 6) is 0.478. The van der Waals surface area contributed by atoms with Gasteiger partial charge in [0.15, 0.2) is 16.9 Å². The smallest absolute Gasteiger partial charge is 0.522 e. The molecule has 13 aromatic heterocycles. The van der Waals surface area contributed by atoms with Gasteiger partial charge in [0.25, 0.3) is 0 Å². The molecule has 6 N–H and O–H groups in total. The standard InChI is InChI=1S/C28H18BN4O2.C18H10BN4O3.C16H10BN2O3.C16H10BN2O2S.C14H8BN2O2S.C12H8BN4O2/c34-29-35-28-25(22-17-9-15-18-10-7-8-16-21(18)22)32-26-27(33-28)31-24(20-13-5-2-6-14-20)23(30-26)19-11-3-1-4-12-19;24-19-26-18-15(22-16-17(23-18)21-8-7-20-16)10-5-6-14-12(9-10)11-3-1-2-4-13(11)25-14;20-17-22-16-18-14(10-6-2-1-3-7-10)13-11-8-4-5-9-12(11)21-15(13)19-16;20-17-21-16-18-14(10-6-2-1-3-7-10)13-11-8-4-5-9-12(11)22-15(13)19-16;18-15-19-14-16-7-11-10-5-8-3-1-2-4-9(8)6-12(10)20-13(11)17-14;18-13-19-12-9(8-4-2-1-3-5-8)16-10-11(17-12)15-7-6-14-10/h1-17,34H;1-9,24H;2*1-9,20H;1-7,18H;1-7,18H. The van der Waals surface area contributed by atoms with Gasteiger partial charge in [0, 0.05) is 117 Å². The van der Waals surface area contributed by atoms with Gasteiger partial charge in [-0.25, -0.2) is 49.8 Å². The fourth-order valence-electron chi connectivity index (χ4n) is 16.2. The van der Waals surface area contributed by atoms with Crippen molar-refractivity contribution in [1.82, 2.24) is 89.7 Å². The van der Waals surface area contributed by atoms with Crippen molar-refractivity contribution < 1.29 is 66.9 Å². The van der Waals surface area contributed by atoms with Crippen LogP contribution in [-0.2, 0) is 0 Å². The average Bonchev–Trinajstić information content (AvgIpc) is 1.32. The van der Waals surface area contributed by atoms with Gasteiger partial charge in [0.1, 0.15) is 43.5 Å². The van der Waals surface area contributed by atoms with E-state index in [1.807, 2.05) is 285 Å². The Morgan fingerprint density at radius 1 is 0.229 bits per heavy atom. The topological polar surface area (TPSA) is 435 Å². The first-order chi connectivity index (χ1) is 71.1. The number of para-hydroxylation sites is 2. The number of thiophene rings is 2. The van der Waals surface area contributed by atoms with E-state index in [0.717, 1.165) is 134 Å². The Kier molecular flexibility index (Phi) is 27.3. The molecular weight excluding hydrogens is 1850 g/mol. The maximum absolute atomic E-state index is 9.45. The summed E-state index contributed by atoms with van der Waals surface area (Å²) in [4.78, 5) is 80.6. The van der Waals surface area contributed by atoms with Crippen molar-refractivity contribution in [2.75, 3.05) is 0 Å². The van der Waals surface area contributed by atoms with Crippen LogP contribution in [0.3, 0.4) is 0 Å². The lowest BCUT2D eigenvalue weighted by Crippen LogP contribution is -2.07. The Bertz CT molecular complexity index is 9000. The van der Waals surface area contributed by atoms with E-state index >= 15 is 0 Å². The third-order valence-corrected chi connectivity index (χ3v) is 24.6. The number of fused-ring (bicyclic) bond motifs is 17. The second-order valence-electron chi connectivity index (χ2n) is 31.0. The number of hydrogen-bond acceptors (Lipinski definition) is 34. The highest BCUT2D eigenvalue weighted by Gasteiger charge is 2.25. The highest BCUT2D eigenvalue weighted by molar-refractivity contribution is 7.26. The molecule has 0 atom stereocenters. The van der Waals surface area contributed by atoms with Crippen molar-refractivity contribution in [2.45, 2.75) is 0 Å². The third kappa shape index (κ3) is 19.6. The van der Waals surface area contributed by atoms with Crippen LogP contribution in [0.25, 0.3) is 219 Å². The average molecular weight is 1920 g/mol. The van der Waals surface area contributed by atoms with Crippen molar-refractivity contribution in [3.8, 4) is 114 Å². The lowest BCUT2D eigenvalue weighted by atomic mass is 10.0. The van der Waals surface area contributed by atoms with Gasteiger partial charge in [-0.2, -0.15) is 39.9 Å². The number of nitrogens with zero attached hydrogens (tertiary/aromatic N) is 18. The van der Waals surface area contributed by atoms with Gasteiger partial charge in [-0.05, 0) is 70.1 Å². The molecule has 0 saturated carbocycles. The molecule has 13 aromatic carbocycles. The summed E-state index contributed by atoms with van der Waals surface area (Å²) in [5.41, 5.74) is 15.5. The van der Waals surface area contributed by atoms with Crippen LogP contribution in [0.5, 0.6) is 35.7 Å². The normalized spacial score (nSPS) is 11.0. The van der Waals surface area contributed by atoms with Gasteiger partial charge in [0.05, 0.1) is 28.2 Å². The van der Waals surface area contributed by atoms with Gasteiger partial charge in [-0.3, -0.25) is 0 Å². The molecule has 13 heterocycles. The molecule has 0 saturated heterocycles. The van der Waals surface area contributed by atoms with Crippen LogP contribution in [-0.4, -0.2) is 166 Å². The quantitative estimate of drug-likeness (QED) is 0.0409. The van der Waals surface area contributed by atoms with Crippen molar-refractivity contribution in [2.24, 2.45) is 0 Å². The molecule has 40 heteroatoms. The summed E-state index contributed by atoms with van der Waals surface area (Å²) in [5, 5.41) is 66.1. The number of hydrogen-bond donors (Lipinski definition) is 6. The first-order valence-electron chi connectivity index (χ1n) is 44.1. The van der Waals surface area contributed by atoms with Crippen molar-refractivity contribution in [1.29, 1.82) is 0 Å². The molecule has 0 spiro atoms. The zero-order valence-corrected chi connectivity index (χ0v) is 76.4. The van der Waals surface area contributed by atoms with Crippen LogP contribution in [0.15, 0.2) is 361 Å². The molecule has 26 rings (SSSR count). The maximum atomic E-state index is 9.45. The van der Waals surface area contributed by atoms with Crippen molar-refractivity contribution >= 4 is 209 Å². The minimum absolute atomic E-state index is 0.0351. The highest BCUT2D eigenvalue weighted by Crippen LogP contribution is 2.44.